The molecule has 0 N–H and O–H groups in total. The van der Waals surface area contributed by atoms with Crippen molar-refractivity contribution in [3.8, 4) is 44.5 Å². The second kappa shape index (κ2) is 19.6. The molecule has 13 aromatic carbocycles. The molecule has 0 aliphatic heterocycles. The molecule has 0 radical (unpaired) electrons. The van der Waals surface area contributed by atoms with Crippen LogP contribution in [0.3, 0.4) is 0 Å². The molecule has 0 amide bonds. The zero-order valence-electron chi connectivity index (χ0n) is 43.8. The molecule has 3 aromatic heterocycles. The van der Waals surface area contributed by atoms with E-state index in [1.54, 1.807) is 0 Å². The van der Waals surface area contributed by atoms with Crippen LogP contribution in [0.15, 0.2) is 291 Å². The van der Waals surface area contributed by atoms with Gasteiger partial charge < -0.3 is 9.80 Å². The number of rotatable bonds is 10. The SMILES string of the molecule is c1ccc(-c2cccc(N(c3ccc4cc(-c5ccccc5)ccc4c3)c3cc(-c4cccc5c4sc4ccccc45)cc(N(c4ccccc4)c4ccc5c(c4)sc4ccccc45)c3-c3ccc4c(c3)sc3ccccc34)c2)cc1. The number of anilines is 6. The van der Waals surface area contributed by atoms with Gasteiger partial charge in [-0.05, 0) is 141 Å². The molecule has 0 unspecified atom stereocenters. The molecule has 16 rings (SSSR count). The predicted molar refractivity (Wildman–Crippen MR) is 354 cm³/mol. The van der Waals surface area contributed by atoms with Crippen molar-refractivity contribution in [1.29, 1.82) is 0 Å². The van der Waals surface area contributed by atoms with E-state index in [9.17, 15) is 0 Å². The first-order valence-corrected chi connectivity index (χ1v) is 29.9. The summed E-state index contributed by atoms with van der Waals surface area (Å²) in [6.07, 6.45) is 0. The molecule has 0 aliphatic carbocycles. The van der Waals surface area contributed by atoms with Crippen LogP contribution in [0, 0.1) is 0 Å². The highest BCUT2D eigenvalue weighted by molar-refractivity contribution is 7.27. The van der Waals surface area contributed by atoms with E-state index in [0.29, 0.717) is 0 Å². The van der Waals surface area contributed by atoms with Crippen LogP contribution in [0.1, 0.15) is 0 Å². The second-order valence-corrected chi connectivity index (χ2v) is 24.0. The summed E-state index contributed by atoms with van der Waals surface area (Å²) in [5.74, 6) is 0. The second-order valence-electron chi connectivity index (χ2n) is 20.8. The third-order valence-corrected chi connectivity index (χ3v) is 19.5. The monoisotopic (exact) mass is 1080 g/mol. The van der Waals surface area contributed by atoms with Crippen molar-refractivity contribution >= 4 is 139 Å². The van der Waals surface area contributed by atoms with Crippen LogP contribution in [-0.4, -0.2) is 0 Å². The summed E-state index contributed by atoms with van der Waals surface area (Å²) >= 11 is 5.61. The van der Waals surface area contributed by atoms with Gasteiger partial charge in [-0.15, -0.1) is 34.0 Å². The van der Waals surface area contributed by atoms with Gasteiger partial charge in [-0.25, -0.2) is 0 Å². The minimum atomic E-state index is 1.06. The molecule has 0 saturated carbocycles. The smallest absolute Gasteiger partial charge is 0.0567 e. The van der Waals surface area contributed by atoms with Gasteiger partial charge in [0.25, 0.3) is 0 Å². The van der Waals surface area contributed by atoms with Gasteiger partial charge in [0.2, 0.25) is 0 Å². The predicted octanol–water partition coefficient (Wildman–Crippen LogP) is 23.6. The van der Waals surface area contributed by atoms with Gasteiger partial charge >= 0.3 is 0 Å². The lowest BCUT2D eigenvalue weighted by Gasteiger charge is -2.34. The van der Waals surface area contributed by atoms with E-state index in [-0.39, 0.29) is 0 Å². The van der Waals surface area contributed by atoms with E-state index in [4.69, 9.17) is 0 Å². The molecule has 81 heavy (non-hydrogen) atoms. The number of nitrogens with zero attached hydrogens (tertiary/aromatic N) is 2. The van der Waals surface area contributed by atoms with E-state index in [1.807, 2.05) is 34.0 Å². The molecule has 0 saturated heterocycles. The fourth-order valence-electron chi connectivity index (χ4n) is 12.2. The quantitative estimate of drug-likeness (QED) is 0.135. The number of para-hydroxylation sites is 1. The Kier molecular flexibility index (Phi) is 11.5. The maximum absolute atomic E-state index is 2.54. The fourth-order valence-corrected chi connectivity index (χ4v) is 15.7. The lowest BCUT2D eigenvalue weighted by atomic mass is 9.92. The van der Waals surface area contributed by atoms with Crippen molar-refractivity contribution in [1.82, 2.24) is 0 Å². The van der Waals surface area contributed by atoms with Gasteiger partial charge in [-0.1, -0.05) is 200 Å². The van der Waals surface area contributed by atoms with E-state index in [0.717, 1.165) is 56.4 Å². The molecule has 0 aliphatic rings. The average molecular weight is 1090 g/mol. The first-order chi connectivity index (χ1) is 40.1. The summed E-state index contributed by atoms with van der Waals surface area (Å²) in [5, 5.41) is 10.00. The van der Waals surface area contributed by atoms with Crippen LogP contribution < -0.4 is 9.80 Å². The third-order valence-electron chi connectivity index (χ3n) is 16.0. The molecular formula is C76H48N2S3. The highest BCUT2D eigenvalue weighted by Crippen LogP contribution is 2.54. The van der Waals surface area contributed by atoms with Gasteiger partial charge in [0.05, 0.1) is 11.4 Å². The number of benzene rings is 13. The zero-order chi connectivity index (χ0) is 53.4. The van der Waals surface area contributed by atoms with Crippen LogP contribution in [0.25, 0.3) is 116 Å². The van der Waals surface area contributed by atoms with Gasteiger partial charge in [-0.2, -0.15) is 0 Å². The average Bonchev–Trinajstić information content (AvgIpc) is 4.37. The molecule has 0 atom stereocenters. The van der Waals surface area contributed by atoms with E-state index >= 15 is 0 Å². The van der Waals surface area contributed by atoms with Crippen LogP contribution in [0.4, 0.5) is 34.1 Å². The standard InChI is InChI=1S/C76H48N2S3/c1-4-18-49(19-5-1)51-22-16-25-58(43-51)78(59-38-36-53-42-52(34-35-54(53)44-59)50-20-6-2-7-21-50)69-46-56(61-29-17-30-67-64-28-12-15-33-72(64)81-76(61)67)45-68(75(69)55-37-40-65-62-26-10-13-31-70(62)79-73(65)47-55)77(57-23-8-3-9-24-57)60-39-41-66-63-27-11-14-32-71(63)80-74(66)48-60/h1-48H. The van der Waals surface area contributed by atoms with Gasteiger partial charge in [0.1, 0.15) is 0 Å². The summed E-state index contributed by atoms with van der Waals surface area (Å²) in [7, 11) is 0. The van der Waals surface area contributed by atoms with Crippen molar-refractivity contribution in [2.75, 3.05) is 9.80 Å². The summed E-state index contributed by atoms with van der Waals surface area (Å²) in [6.45, 7) is 0. The Labute approximate surface area is 481 Å². The Balaban J connectivity index is 1.04. The zero-order valence-corrected chi connectivity index (χ0v) is 46.3. The number of fused-ring (bicyclic) bond motifs is 10. The van der Waals surface area contributed by atoms with Gasteiger partial charge in [0.15, 0.2) is 0 Å². The molecular weight excluding hydrogens is 1040 g/mol. The minimum Gasteiger partial charge on any atom is -0.310 e. The molecule has 0 spiro atoms. The van der Waals surface area contributed by atoms with Crippen molar-refractivity contribution in [3.05, 3.63) is 291 Å². The minimum absolute atomic E-state index is 1.06. The molecule has 2 nitrogen and oxygen atoms in total. The number of hydrogen-bond donors (Lipinski definition) is 0. The van der Waals surface area contributed by atoms with Gasteiger partial charge in [-0.3, -0.25) is 0 Å². The Morgan fingerprint density at radius 1 is 0.222 bits per heavy atom. The maximum Gasteiger partial charge on any atom is 0.0567 e. The highest BCUT2D eigenvalue weighted by Gasteiger charge is 2.28. The molecule has 3 heterocycles. The van der Waals surface area contributed by atoms with Crippen LogP contribution in [0.2, 0.25) is 0 Å². The molecule has 5 heteroatoms. The summed E-state index contributed by atoms with van der Waals surface area (Å²) in [4.78, 5) is 5.06. The largest absolute Gasteiger partial charge is 0.310 e. The molecule has 0 bridgehead atoms. The fraction of sp³-hybridized carbons (Fsp3) is 0. The van der Waals surface area contributed by atoms with Crippen LogP contribution in [-0.2, 0) is 0 Å². The number of thiophene rings is 3. The Morgan fingerprint density at radius 3 is 1.36 bits per heavy atom. The van der Waals surface area contributed by atoms with Crippen LogP contribution in [0.5, 0.6) is 0 Å². The number of hydrogen-bond acceptors (Lipinski definition) is 5. The highest BCUT2D eigenvalue weighted by atomic mass is 32.1. The molecule has 0 fully saturated rings. The van der Waals surface area contributed by atoms with Crippen molar-refractivity contribution in [2.24, 2.45) is 0 Å². The lowest BCUT2D eigenvalue weighted by molar-refractivity contribution is 1.26. The van der Waals surface area contributed by atoms with Gasteiger partial charge in [0, 0.05) is 88.8 Å². The Hall–Kier alpha value is -9.62. The van der Waals surface area contributed by atoms with Crippen molar-refractivity contribution in [2.45, 2.75) is 0 Å². The van der Waals surface area contributed by atoms with Crippen molar-refractivity contribution < 1.29 is 0 Å². The maximum atomic E-state index is 2.54. The lowest BCUT2D eigenvalue weighted by Crippen LogP contribution is -2.16. The third kappa shape index (κ3) is 8.28. The molecule has 380 valence electrons. The normalized spacial score (nSPS) is 11.7. The molecule has 16 aromatic rings. The van der Waals surface area contributed by atoms with E-state index in [1.165, 1.54) is 93.5 Å². The van der Waals surface area contributed by atoms with E-state index < -0.39 is 0 Å². The van der Waals surface area contributed by atoms with E-state index in [2.05, 4.69) is 301 Å². The Morgan fingerprint density at radius 2 is 0.667 bits per heavy atom. The first-order valence-electron chi connectivity index (χ1n) is 27.5. The van der Waals surface area contributed by atoms with Crippen molar-refractivity contribution in [3.63, 3.8) is 0 Å². The first kappa shape index (κ1) is 47.4. The summed E-state index contributed by atoms with van der Waals surface area (Å²) < 4.78 is 7.62. The Bertz CT molecular complexity index is 5070. The summed E-state index contributed by atoms with van der Waals surface area (Å²) in [5.41, 5.74) is 15.7. The topological polar surface area (TPSA) is 6.48 Å². The van der Waals surface area contributed by atoms with Crippen LogP contribution >= 0.6 is 34.0 Å². The summed E-state index contributed by atoms with van der Waals surface area (Å²) in [6, 6.07) is 108.